The van der Waals surface area contributed by atoms with Gasteiger partial charge in [-0.05, 0) is 18.6 Å². The lowest BCUT2D eigenvalue weighted by Gasteiger charge is -2.09. The van der Waals surface area contributed by atoms with Crippen LogP contribution in [0.2, 0.25) is 5.02 Å². The van der Waals surface area contributed by atoms with Gasteiger partial charge in [0.25, 0.3) is 5.91 Å². The minimum absolute atomic E-state index is 0.113. The van der Waals surface area contributed by atoms with Crippen molar-refractivity contribution in [2.45, 2.75) is 19.4 Å². The van der Waals surface area contributed by atoms with Gasteiger partial charge in [-0.25, -0.2) is 0 Å². The number of nitrogens with one attached hydrogen (secondary N) is 1. The summed E-state index contributed by atoms with van der Waals surface area (Å²) in [4.78, 5) is 22.0. The van der Waals surface area contributed by atoms with Gasteiger partial charge >= 0.3 is 5.69 Å². The van der Waals surface area contributed by atoms with Crippen LogP contribution in [0.3, 0.4) is 0 Å². The standard InChI is InChI=1S/C11H10ClN3O3/c1-2-7(6-13)14-11(16)8-4-3-5-9(12)10(8)15(17)18/h3-5,7H,2H2,1H3,(H,14,16). The van der Waals surface area contributed by atoms with E-state index in [0.717, 1.165) is 0 Å². The molecular weight excluding hydrogens is 258 g/mol. The van der Waals surface area contributed by atoms with Crippen LogP contribution in [0.15, 0.2) is 18.2 Å². The predicted octanol–water partition coefficient (Wildman–Crippen LogP) is 2.28. The van der Waals surface area contributed by atoms with E-state index in [1.165, 1.54) is 18.2 Å². The molecule has 6 nitrogen and oxygen atoms in total. The highest BCUT2D eigenvalue weighted by molar-refractivity contribution is 6.33. The summed E-state index contributed by atoms with van der Waals surface area (Å²) in [6.07, 6.45) is 0.413. The van der Waals surface area contributed by atoms with Gasteiger partial charge in [0, 0.05) is 0 Å². The van der Waals surface area contributed by atoms with E-state index in [-0.39, 0.29) is 10.6 Å². The van der Waals surface area contributed by atoms with Crippen LogP contribution in [-0.4, -0.2) is 16.9 Å². The second-order valence-electron chi connectivity index (χ2n) is 3.46. The van der Waals surface area contributed by atoms with E-state index in [0.29, 0.717) is 6.42 Å². The lowest BCUT2D eigenvalue weighted by atomic mass is 10.1. The highest BCUT2D eigenvalue weighted by atomic mass is 35.5. The van der Waals surface area contributed by atoms with E-state index >= 15 is 0 Å². The van der Waals surface area contributed by atoms with Crippen LogP contribution in [-0.2, 0) is 0 Å². The van der Waals surface area contributed by atoms with E-state index in [9.17, 15) is 14.9 Å². The first-order valence-electron chi connectivity index (χ1n) is 5.14. The maximum Gasteiger partial charge on any atom is 0.300 e. The number of benzene rings is 1. The molecule has 0 aliphatic rings. The molecule has 1 unspecified atom stereocenters. The van der Waals surface area contributed by atoms with Crippen LogP contribution in [0.25, 0.3) is 0 Å². The Morgan fingerprint density at radius 3 is 2.83 bits per heavy atom. The fourth-order valence-corrected chi connectivity index (χ4v) is 1.59. The first-order valence-corrected chi connectivity index (χ1v) is 5.52. The Kier molecular flexibility index (Phi) is 4.63. The fourth-order valence-electron chi connectivity index (χ4n) is 1.35. The Morgan fingerprint density at radius 2 is 2.33 bits per heavy atom. The van der Waals surface area contributed by atoms with Gasteiger partial charge in [-0.1, -0.05) is 24.6 Å². The number of nitriles is 1. The zero-order valence-corrected chi connectivity index (χ0v) is 10.3. The molecule has 0 aromatic heterocycles. The van der Waals surface area contributed by atoms with E-state index < -0.39 is 22.6 Å². The molecule has 0 spiro atoms. The summed E-state index contributed by atoms with van der Waals surface area (Å²) < 4.78 is 0. The van der Waals surface area contributed by atoms with Gasteiger partial charge in [0.05, 0.1) is 11.0 Å². The van der Waals surface area contributed by atoms with Crippen LogP contribution < -0.4 is 5.32 Å². The number of rotatable bonds is 4. The first kappa shape index (κ1) is 13.9. The Morgan fingerprint density at radius 1 is 1.67 bits per heavy atom. The molecule has 0 bridgehead atoms. The van der Waals surface area contributed by atoms with Crippen molar-refractivity contribution in [3.8, 4) is 6.07 Å². The van der Waals surface area contributed by atoms with Crippen molar-refractivity contribution >= 4 is 23.2 Å². The SMILES string of the molecule is CCC(C#N)NC(=O)c1cccc(Cl)c1[N+](=O)[O-]. The Bertz CT molecular complexity index is 525. The van der Waals surface area contributed by atoms with Crippen molar-refractivity contribution in [2.24, 2.45) is 0 Å². The third-order valence-electron chi connectivity index (χ3n) is 2.28. The van der Waals surface area contributed by atoms with Gasteiger partial charge in [-0.15, -0.1) is 0 Å². The number of amides is 1. The molecule has 0 saturated carbocycles. The van der Waals surface area contributed by atoms with Gasteiger partial charge in [0.2, 0.25) is 0 Å². The predicted molar refractivity (Wildman–Crippen MR) is 65.3 cm³/mol. The molecule has 1 atom stereocenters. The van der Waals surface area contributed by atoms with Crippen LogP contribution in [0.4, 0.5) is 5.69 Å². The lowest BCUT2D eigenvalue weighted by Crippen LogP contribution is -2.33. The Labute approximate surface area is 108 Å². The summed E-state index contributed by atoms with van der Waals surface area (Å²) >= 11 is 5.69. The normalized spacial score (nSPS) is 11.4. The second kappa shape index (κ2) is 5.98. The number of nitro groups is 1. The van der Waals surface area contributed by atoms with E-state index in [1.54, 1.807) is 6.92 Å². The van der Waals surface area contributed by atoms with Crippen molar-refractivity contribution in [3.63, 3.8) is 0 Å². The number of para-hydroxylation sites is 1. The quantitative estimate of drug-likeness (QED) is 0.668. The summed E-state index contributed by atoms with van der Waals surface area (Å²) in [5, 5.41) is 21.9. The van der Waals surface area contributed by atoms with Crippen LogP contribution in [0.1, 0.15) is 23.7 Å². The fraction of sp³-hybridized carbons (Fsp3) is 0.273. The minimum atomic E-state index is -0.718. The average Bonchev–Trinajstić information content (AvgIpc) is 2.34. The molecule has 94 valence electrons. The molecule has 1 aromatic carbocycles. The van der Waals surface area contributed by atoms with Crippen LogP contribution in [0.5, 0.6) is 0 Å². The molecular formula is C11H10ClN3O3. The highest BCUT2D eigenvalue weighted by Gasteiger charge is 2.24. The lowest BCUT2D eigenvalue weighted by molar-refractivity contribution is -0.385. The average molecular weight is 268 g/mol. The third kappa shape index (κ3) is 2.96. The van der Waals surface area contributed by atoms with E-state index in [4.69, 9.17) is 16.9 Å². The van der Waals surface area contributed by atoms with Crippen molar-refractivity contribution in [3.05, 3.63) is 38.9 Å². The van der Waals surface area contributed by atoms with E-state index in [1.807, 2.05) is 6.07 Å². The number of nitro benzene ring substituents is 1. The summed E-state index contributed by atoms with van der Waals surface area (Å²) in [7, 11) is 0. The number of hydrogen-bond acceptors (Lipinski definition) is 4. The monoisotopic (exact) mass is 267 g/mol. The zero-order valence-electron chi connectivity index (χ0n) is 9.51. The number of halogens is 1. The molecule has 1 rings (SSSR count). The summed E-state index contributed by atoms with van der Waals surface area (Å²) in [6, 6.07) is 5.27. The molecule has 0 aliphatic carbocycles. The van der Waals surface area contributed by atoms with Crippen molar-refractivity contribution in [1.82, 2.24) is 5.32 Å². The second-order valence-corrected chi connectivity index (χ2v) is 3.86. The van der Waals surface area contributed by atoms with Crippen LogP contribution >= 0.6 is 11.6 Å². The molecule has 1 amide bonds. The maximum atomic E-state index is 11.8. The Hall–Kier alpha value is -2.13. The molecule has 0 fully saturated rings. The number of nitrogens with zero attached hydrogens (tertiary/aromatic N) is 2. The highest BCUT2D eigenvalue weighted by Crippen LogP contribution is 2.28. The van der Waals surface area contributed by atoms with Gasteiger partial charge < -0.3 is 5.32 Å². The maximum absolute atomic E-state index is 11.8. The van der Waals surface area contributed by atoms with Crippen molar-refractivity contribution < 1.29 is 9.72 Å². The van der Waals surface area contributed by atoms with Crippen molar-refractivity contribution in [2.75, 3.05) is 0 Å². The molecule has 1 aromatic rings. The number of carbonyl (C=O) groups excluding carboxylic acids is 1. The largest absolute Gasteiger partial charge is 0.336 e. The summed E-state index contributed by atoms with van der Waals surface area (Å²) in [5.74, 6) is -0.683. The van der Waals surface area contributed by atoms with E-state index in [2.05, 4.69) is 5.32 Å². The molecule has 0 saturated heterocycles. The van der Waals surface area contributed by atoms with Gasteiger partial charge in [-0.2, -0.15) is 5.26 Å². The smallest absolute Gasteiger partial charge is 0.300 e. The van der Waals surface area contributed by atoms with Crippen LogP contribution in [0, 0.1) is 21.4 Å². The molecule has 18 heavy (non-hydrogen) atoms. The molecule has 0 aliphatic heterocycles. The van der Waals surface area contributed by atoms with Crippen molar-refractivity contribution in [1.29, 1.82) is 5.26 Å². The third-order valence-corrected chi connectivity index (χ3v) is 2.59. The van der Waals surface area contributed by atoms with Gasteiger partial charge in [-0.3, -0.25) is 14.9 Å². The summed E-state index contributed by atoms with van der Waals surface area (Å²) in [5.41, 5.74) is -0.606. The topological polar surface area (TPSA) is 96.0 Å². The number of hydrogen-bond donors (Lipinski definition) is 1. The molecule has 0 radical (unpaired) electrons. The molecule has 0 heterocycles. The summed E-state index contributed by atoms with van der Waals surface area (Å²) in [6.45, 7) is 1.72. The molecule has 1 N–H and O–H groups in total. The minimum Gasteiger partial charge on any atom is -0.336 e. The van der Waals surface area contributed by atoms with Gasteiger partial charge in [0.1, 0.15) is 16.6 Å². The zero-order chi connectivity index (χ0) is 13.7. The molecule has 7 heteroatoms. The Balaban J connectivity index is 3.11. The number of carbonyl (C=O) groups is 1. The first-order chi connectivity index (χ1) is 8.51. The van der Waals surface area contributed by atoms with Gasteiger partial charge in [0.15, 0.2) is 0 Å².